The predicted octanol–water partition coefficient (Wildman–Crippen LogP) is 3.36. The Bertz CT molecular complexity index is 497. The van der Waals surface area contributed by atoms with E-state index in [1.54, 1.807) is 7.05 Å². The average molecular weight is 461 g/mol. The van der Waals surface area contributed by atoms with Crippen molar-refractivity contribution < 1.29 is 9.47 Å². The van der Waals surface area contributed by atoms with Crippen LogP contribution in [0.2, 0.25) is 0 Å². The summed E-state index contributed by atoms with van der Waals surface area (Å²) >= 11 is 0. The molecule has 0 aliphatic carbocycles. The molecule has 142 valence electrons. The lowest BCUT2D eigenvalue weighted by Gasteiger charge is -2.21. The Labute approximate surface area is 169 Å². The van der Waals surface area contributed by atoms with Crippen molar-refractivity contribution in [2.75, 3.05) is 33.4 Å². The number of nitrogens with one attached hydrogen (secondary N) is 2. The maximum absolute atomic E-state index is 5.94. The van der Waals surface area contributed by atoms with Gasteiger partial charge in [0.15, 0.2) is 5.96 Å². The van der Waals surface area contributed by atoms with E-state index in [0.717, 1.165) is 45.1 Å². The fourth-order valence-electron chi connectivity index (χ4n) is 2.90. The van der Waals surface area contributed by atoms with E-state index in [0.29, 0.717) is 12.0 Å². The Balaban J connectivity index is 0.00000312. The highest BCUT2D eigenvalue weighted by atomic mass is 127. The number of aliphatic imine (C=N–C) groups is 1. The molecule has 2 rings (SSSR count). The van der Waals surface area contributed by atoms with Crippen LogP contribution in [0.5, 0.6) is 0 Å². The second-order valence-electron chi connectivity index (χ2n) is 6.40. The largest absolute Gasteiger partial charge is 0.379 e. The molecule has 0 saturated carbocycles. The Morgan fingerprint density at radius 3 is 2.72 bits per heavy atom. The molecule has 0 radical (unpaired) electrons. The minimum absolute atomic E-state index is 0. The fraction of sp³-hybridized carbons (Fsp3) is 0.632. The summed E-state index contributed by atoms with van der Waals surface area (Å²) in [6.07, 6.45) is 2.51. The number of rotatable bonds is 8. The van der Waals surface area contributed by atoms with E-state index in [9.17, 15) is 0 Å². The van der Waals surface area contributed by atoms with Gasteiger partial charge in [0.2, 0.25) is 0 Å². The molecule has 25 heavy (non-hydrogen) atoms. The molecule has 1 aliphatic heterocycles. The van der Waals surface area contributed by atoms with Gasteiger partial charge in [0.05, 0.1) is 12.2 Å². The summed E-state index contributed by atoms with van der Waals surface area (Å²) in [7, 11) is 1.81. The topological polar surface area (TPSA) is 54.9 Å². The van der Waals surface area contributed by atoms with E-state index in [1.807, 2.05) is 6.07 Å². The van der Waals surface area contributed by atoms with Crippen molar-refractivity contribution in [3.05, 3.63) is 35.9 Å². The van der Waals surface area contributed by atoms with Crippen molar-refractivity contribution in [3.8, 4) is 0 Å². The molecule has 1 fully saturated rings. The Morgan fingerprint density at radius 2 is 2.04 bits per heavy atom. The predicted molar refractivity (Wildman–Crippen MR) is 114 cm³/mol. The molecule has 2 atom stereocenters. The molecule has 2 N–H and O–H groups in total. The van der Waals surface area contributed by atoms with Crippen LogP contribution >= 0.6 is 24.0 Å². The molecule has 1 aromatic carbocycles. The molecule has 5 nitrogen and oxygen atoms in total. The summed E-state index contributed by atoms with van der Waals surface area (Å²) in [5, 5.41) is 6.77. The number of hydrogen-bond donors (Lipinski definition) is 2. The zero-order chi connectivity index (χ0) is 17.2. The normalized spacial score (nSPS) is 20.4. The lowest BCUT2D eigenvalue weighted by atomic mass is 9.95. The van der Waals surface area contributed by atoms with Crippen molar-refractivity contribution in [2.24, 2.45) is 10.9 Å². The van der Waals surface area contributed by atoms with Crippen LogP contribution < -0.4 is 10.6 Å². The number of hydrogen-bond acceptors (Lipinski definition) is 3. The summed E-state index contributed by atoms with van der Waals surface area (Å²) < 4.78 is 11.5. The van der Waals surface area contributed by atoms with E-state index in [4.69, 9.17) is 9.47 Å². The van der Waals surface area contributed by atoms with Gasteiger partial charge < -0.3 is 20.1 Å². The zero-order valence-corrected chi connectivity index (χ0v) is 17.9. The van der Waals surface area contributed by atoms with Crippen LogP contribution in [0.25, 0.3) is 0 Å². The Morgan fingerprint density at radius 1 is 1.28 bits per heavy atom. The van der Waals surface area contributed by atoms with E-state index in [1.165, 1.54) is 5.56 Å². The minimum Gasteiger partial charge on any atom is -0.379 e. The van der Waals surface area contributed by atoms with Crippen LogP contribution in [0.3, 0.4) is 0 Å². The van der Waals surface area contributed by atoms with Crippen LogP contribution in [0.15, 0.2) is 35.3 Å². The number of guanidine groups is 1. The van der Waals surface area contributed by atoms with Crippen molar-refractivity contribution in [2.45, 2.75) is 38.9 Å². The van der Waals surface area contributed by atoms with Crippen LogP contribution in [-0.4, -0.2) is 45.4 Å². The highest BCUT2D eigenvalue weighted by molar-refractivity contribution is 14.0. The van der Waals surface area contributed by atoms with Crippen molar-refractivity contribution in [1.29, 1.82) is 0 Å². The van der Waals surface area contributed by atoms with Gasteiger partial charge in [-0.3, -0.25) is 4.99 Å². The number of halogens is 1. The van der Waals surface area contributed by atoms with Gasteiger partial charge >= 0.3 is 0 Å². The van der Waals surface area contributed by atoms with Gasteiger partial charge in [0.1, 0.15) is 0 Å². The van der Waals surface area contributed by atoms with Gasteiger partial charge in [0, 0.05) is 39.3 Å². The van der Waals surface area contributed by atoms with Crippen molar-refractivity contribution in [3.63, 3.8) is 0 Å². The third-order valence-corrected chi connectivity index (χ3v) is 4.16. The first kappa shape index (κ1) is 22.2. The summed E-state index contributed by atoms with van der Waals surface area (Å²) in [4.78, 5) is 4.29. The van der Waals surface area contributed by atoms with E-state index < -0.39 is 0 Å². The van der Waals surface area contributed by atoms with Crippen molar-refractivity contribution in [1.82, 2.24) is 10.6 Å². The average Bonchev–Trinajstić information content (AvgIpc) is 3.06. The standard InChI is InChI=1S/C19H31N3O2.HI/c1-15(2)23-12-7-11-21-19(20-3)22-14-17-10-13-24-18(17)16-8-5-4-6-9-16;/h4-6,8-9,15,17-18H,7,10-14H2,1-3H3,(H2,20,21,22);1H. The van der Waals surface area contributed by atoms with Crippen LogP contribution in [0.1, 0.15) is 38.4 Å². The first-order valence-corrected chi connectivity index (χ1v) is 8.93. The lowest BCUT2D eigenvalue weighted by molar-refractivity contribution is 0.0776. The van der Waals surface area contributed by atoms with Gasteiger partial charge in [0.25, 0.3) is 0 Å². The molecule has 0 aromatic heterocycles. The summed E-state index contributed by atoms with van der Waals surface area (Å²) in [5.74, 6) is 1.31. The summed E-state index contributed by atoms with van der Waals surface area (Å²) in [6, 6.07) is 10.5. The number of nitrogens with zero attached hydrogens (tertiary/aromatic N) is 1. The SMILES string of the molecule is CN=C(NCCCOC(C)C)NCC1CCOC1c1ccccc1.I. The maximum atomic E-state index is 5.94. The molecule has 0 spiro atoms. The summed E-state index contributed by atoms with van der Waals surface area (Å²) in [5.41, 5.74) is 1.26. The van der Waals surface area contributed by atoms with Gasteiger partial charge in [-0.1, -0.05) is 30.3 Å². The van der Waals surface area contributed by atoms with Crippen molar-refractivity contribution >= 4 is 29.9 Å². The first-order valence-electron chi connectivity index (χ1n) is 8.93. The number of ether oxygens (including phenoxy) is 2. The molecular formula is C19H32IN3O2. The molecule has 2 unspecified atom stereocenters. The number of benzene rings is 1. The molecule has 1 aromatic rings. The Kier molecular flexibility index (Phi) is 11.1. The molecular weight excluding hydrogens is 429 g/mol. The van der Waals surface area contributed by atoms with Crippen LogP contribution in [-0.2, 0) is 9.47 Å². The fourth-order valence-corrected chi connectivity index (χ4v) is 2.90. The minimum atomic E-state index is 0. The molecule has 0 bridgehead atoms. The second kappa shape index (κ2) is 12.5. The van der Waals surface area contributed by atoms with Gasteiger partial charge in [-0.15, -0.1) is 24.0 Å². The van der Waals surface area contributed by atoms with Crippen LogP contribution in [0, 0.1) is 5.92 Å². The smallest absolute Gasteiger partial charge is 0.190 e. The Hall–Kier alpha value is -0.860. The van der Waals surface area contributed by atoms with E-state index >= 15 is 0 Å². The zero-order valence-electron chi connectivity index (χ0n) is 15.5. The van der Waals surface area contributed by atoms with E-state index in [2.05, 4.69) is 53.7 Å². The molecule has 1 heterocycles. The van der Waals surface area contributed by atoms with Crippen LogP contribution in [0.4, 0.5) is 0 Å². The summed E-state index contributed by atoms with van der Waals surface area (Å²) in [6.45, 7) is 7.43. The third kappa shape index (κ3) is 7.92. The molecule has 1 saturated heterocycles. The molecule has 0 amide bonds. The van der Waals surface area contributed by atoms with Gasteiger partial charge in [-0.05, 0) is 32.3 Å². The van der Waals surface area contributed by atoms with Gasteiger partial charge in [-0.25, -0.2) is 0 Å². The maximum Gasteiger partial charge on any atom is 0.190 e. The quantitative estimate of drug-likeness (QED) is 0.270. The lowest BCUT2D eigenvalue weighted by Crippen LogP contribution is -2.40. The molecule has 1 aliphatic rings. The van der Waals surface area contributed by atoms with Gasteiger partial charge in [-0.2, -0.15) is 0 Å². The third-order valence-electron chi connectivity index (χ3n) is 4.16. The van der Waals surface area contributed by atoms with E-state index in [-0.39, 0.29) is 30.1 Å². The monoisotopic (exact) mass is 461 g/mol. The first-order chi connectivity index (χ1) is 11.7. The highest BCUT2D eigenvalue weighted by Gasteiger charge is 2.29. The highest BCUT2D eigenvalue weighted by Crippen LogP contribution is 2.33. The molecule has 6 heteroatoms. The second-order valence-corrected chi connectivity index (χ2v) is 6.40.